The molecule has 21 heavy (non-hydrogen) atoms. The van der Waals surface area contributed by atoms with Gasteiger partial charge in [-0.25, -0.2) is 9.97 Å². The van der Waals surface area contributed by atoms with Crippen LogP contribution in [0.4, 0.5) is 17.3 Å². The number of anilines is 3. The fourth-order valence-electron chi connectivity index (χ4n) is 1.76. The maximum Gasteiger partial charge on any atom is 0.158 e. The molecule has 0 aliphatic carbocycles. The van der Waals surface area contributed by atoms with Crippen molar-refractivity contribution in [3.05, 3.63) is 41.7 Å². The van der Waals surface area contributed by atoms with Gasteiger partial charge in [-0.05, 0) is 25.1 Å². The van der Waals surface area contributed by atoms with Crippen molar-refractivity contribution in [3.63, 3.8) is 0 Å². The molecule has 1 aromatic heterocycles. The SMILES string of the molecule is CCOCc1nc(NC)cc(Nc2cccc(C#N)c2)n1. The zero-order valence-corrected chi connectivity index (χ0v) is 12.1. The molecule has 0 saturated carbocycles. The van der Waals surface area contributed by atoms with Crippen LogP contribution in [0.5, 0.6) is 0 Å². The molecule has 0 aliphatic rings. The van der Waals surface area contributed by atoms with Gasteiger partial charge in [-0.3, -0.25) is 0 Å². The molecule has 1 heterocycles. The van der Waals surface area contributed by atoms with Crippen molar-refractivity contribution in [2.45, 2.75) is 13.5 Å². The van der Waals surface area contributed by atoms with Gasteiger partial charge in [-0.1, -0.05) is 6.07 Å². The monoisotopic (exact) mass is 283 g/mol. The lowest BCUT2D eigenvalue weighted by molar-refractivity contribution is 0.128. The Morgan fingerprint density at radius 3 is 2.76 bits per heavy atom. The second kappa shape index (κ2) is 7.22. The largest absolute Gasteiger partial charge is 0.374 e. The number of ether oxygens (including phenoxy) is 1. The van der Waals surface area contributed by atoms with Gasteiger partial charge in [0.25, 0.3) is 0 Å². The maximum atomic E-state index is 8.92. The van der Waals surface area contributed by atoms with Gasteiger partial charge < -0.3 is 15.4 Å². The molecule has 0 bridgehead atoms. The number of aromatic nitrogens is 2. The number of benzene rings is 1. The van der Waals surface area contributed by atoms with Crippen molar-refractivity contribution in [2.24, 2.45) is 0 Å². The molecule has 2 N–H and O–H groups in total. The molecular formula is C15H17N5O. The topological polar surface area (TPSA) is 82.9 Å². The molecule has 0 atom stereocenters. The standard InChI is InChI=1S/C15H17N5O/c1-3-21-10-15-19-13(17-2)8-14(20-15)18-12-6-4-5-11(7-12)9-16/h4-8H,3,10H2,1-2H3,(H2,17,18,19,20). The minimum atomic E-state index is 0.360. The molecule has 0 unspecified atom stereocenters. The molecule has 6 nitrogen and oxygen atoms in total. The van der Waals surface area contributed by atoms with E-state index >= 15 is 0 Å². The third-order valence-corrected chi connectivity index (χ3v) is 2.73. The van der Waals surface area contributed by atoms with E-state index in [2.05, 4.69) is 26.7 Å². The van der Waals surface area contributed by atoms with Gasteiger partial charge in [0.1, 0.15) is 18.2 Å². The Balaban J connectivity index is 2.23. The van der Waals surface area contributed by atoms with Crippen LogP contribution in [0.3, 0.4) is 0 Å². The van der Waals surface area contributed by atoms with E-state index in [-0.39, 0.29) is 0 Å². The van der Waals surface area contributed by atoms with Crippen LogP contribution in [-0.2, 0) is 11.3 Å². The van der Waals surface area contributed by atoms with Gasteiger partial charge in [-0.2, -0.15) is 5.26 Å². The predicted molar refractivity (Wildman–Crippen MR) is 81.3 cm³/mol. The van der Waals surface area contributed by atoms with Gasteiger partial charge >= 0.3 is 0 Å². The normalized spacial score (nSPS) is 9.95. The van der Waals surface area contributed by atoms with E-state index in [1.807, 2.05) is 19.1 Å². The number of nitriles is 1. The maximum absolute atomic E-state index is 8.92. The highest BCUT2D eigenvalue weighted by molar-refractivity contribution is 5.60. The first-order valence-electron chi connectivity index (χ1n) is 6.65. The summed E-state index contributed by atoms with van der Waals surface area (Å²) in [6.07, 6.45) is 0. The zero-order valence-electron chi connectivity index (χ0n) is 12.1. The van der Waals surface area contributed by atoms with Crippen molar-refractivity contribution in [3.8, 4) is 6.07 Å². The minimum Gasteiger partial charge on any atom is -0.374 e. The highest BCUT2D eigenvalue weighted by Gasteiger charge is 2.05. The summed E-state index contributed by atoms with van der Waals surface area (Å²) in [5.41, 5.74) is 1.40. The van der Waals surface area contributed by atoms with Crippen molar-refractivity contribution in [2.75, 3.05) is 24.3 Å². The lowest BCUT2D eigenvalue weighted by Gasteiger charge is -2.10. The summed E-state index contributed by atoms with van der Waals surface area (Å²) in [4.78, 5) is 8.72. The summed E-state index contributed by atoms with van der Waals surface area (Å²) < 4.78 is 5.34. The van der Waals surface area contributed by atoms with Crippen LogP contribution in [0.25, 0.3) is 0 Å². The Labute approximate surface area is 123 Å². The molecule has 0 fully saturated rings. The van der Waals surface area contributed by atoms with Crippen LogP contribution in [0.15, 0.2) is 30.3 Å². The quantitative estimate of drug-likeness (QED) is 0.848. The summed E-state index contributed by atoms with van der Waals surface area (Å²) >= 11 is 0. The van der Waals surface area contributed by atoms with Gasteiger partial charge in [0.05, 0.1) is 11.6 Å². The predicted octanol–water partition coefficient (Wildman–Crippen LogP) is 2.67. The van der Waals surface area contributed by atoms with Crippen molar-refractivity contribution >= 4 is 17.3 Å². The highest BCUT2D eigenvalue weighted by atomic mass is 16.5. The zero-order chi connectivity index (χ0) is 15.1. The minimum absolute atomic E-state index is 0.360. The molecule has 0 spiro atoms. The first-order valence-corrected chi connectivity index (χ1v) is 6.65. The van der Waals surface area contributed by atoms with E-state index in [1.54, 1.807) is 25.2 Å². The Bertz CT molecular complexity index is 651. The highest BCUT2D eigenvalue weighted by Crippen LogP contribution is 2.18. The number of rotatable bonds is 6. The van der Waals surface area contributed by atoms with Crippen molar-refractivity contribution in [1.82, 2.24) is 9.97 Å². The van der Waals surface area contributed by atoms with Gasteiger partial charge in [0, 0.05) is 25.4 Å². The first kappa shape index (κ1) is 14.8. The second-order valence-electron chi connectivity index (χ2n) is 4.26. The number of hydrogen-bond acceptors (Lipinski definition) is 6. The Kier molecular flexibility index (Phi) is 5.07. The van der Waals surface area contributed by atoms with Crippen LogP contribution in [0, 0.1) is 11.3 Å². The lowest BCUT2D eigenvalue weighted by Crippen LogP contribution is -2.05. The van der Waals surface area contributed by atoms with Crippen molar-refractivity contribution in [1.29, 1.82) is 5.26 Å². The summed E-state index contributed by atoms with van der Waals surface area (Å²) in [6, 6.07) is 11.1. The first-order chi connectivity index (χ1) is 10.2. The molecule has 0 saturated heterocycles. The summed E-state index contributed by atoms with van der Waals surface area (Å²) in [6.45, 7) is 2.90. The average Bonchev–Trinajstić information content (AvgIpc) is 2.52. The third-order valence-electron chi connectivity index (χ3n) is 2.73. The van der Waals surface area contributed by atoms with E-state index in [1.165, 1.54) is 0 Å². The molecule has 6 heteroatoms. The Morgan fingerprint density at radius 1 is 1.24 bits per heavy atom. The molecule has 2 rings (SSSR count). The van der Waals surface area contributed by atoms with Gasteiger partial charge in [0.2, 0.25) is 0 Å². The molecular weight excluding hydrogens is 266 g/mol. The van der Waals surface area contributed by atoms with E-state index < -0.39 is 0 Å². The van der Waals surface area contributed by atoms with E-state index in [0.717, 1.165) is 5.69 Å². The van der Waals surface area contributed by atoms with E-state index in [0.29, 0.717) is 36.2 Å². The van der Waals surface area contributed by atoms with Gasteiger partial charge in [-0.15, -0.1) is 0 Å². The van der Waals surface area contributed by atoms with Crippen molar-refractivity contribution < 1.29 is 4.74 Å². The Morgan fingerprint density at radius 2 is 2.05 bits per heavy atom. The molecule has 108 valence electrons. The number of hydrogen-bond donors (Lipinski definition) is 2. The molecule has 1 aromatic carbocycles. The number of nitrogens with one attached hydrogen (secondary N) is 2. The van der Waals surface area contributed by atoms with Crippen LogP contribution in [-0.4, -0.2) is 23.6 Å². The second-order valence-corrected chi connectivity index (χ2v) is 4.26. The molecule has 0 aliphatic heterocycles. The molecule has 0 amide bonds. The van der Waals surface area contributed by atoms with E-state index in [4.69, 9.17) is 10.00 Å². The molecule has 0 radical (unpaired) electrons. The van der Waals surface area contributed by atoms with Gasteiger partial charge in [0.15, 0.2) is 5.82 Å². The summed E-state index contributed by atoms with van der Waals surface area (Å²) in [5, 5.41) is 15.1. The summed E-state index contributed by atoms with van der Waals surface area (Å²) in [7, 11) is 1.80. The summed E-state index contributed by atoms with van der Waals surface area (Å²) in [5.74, 6) is 1.96. The smallest absolute Gasteiger partial charge is 0.158 e. The average molecular weight is 283 g/mol. The number of nitrogens with zero attached hydrogens (tertiary/aromatic N) is 3. The van der Waals surface area contributed by atoms with Crippen LogP contribution in [0.1, 0.15) is 18.3 Å². The third kappa shape index (κ3) is 4.16. The fourth-order valence-corrected chi connectivity index (χ4v) is 1.76. The van der Waals surface area contributed by atoms with Crippen LogP contribution in [0.2, 0.25) is 0 Å². The fraction of sp³-hybridized carbons (Fsp3) is 0.267. The Hall–Kier alpha value is -2.65. The lowest BCUT2D eigenvalue weighted by atomic mass is 10.2. The van der Waals surface area contributed by atoms with Crippen LogP contribution < -0.4 is 10.6 Å². The van der Waals surface area contributed by atoms with E-state index in [9.17, 15) is 0 Å². The molecule has 2 aromatic rings. The van der Waals surface area contributed by atoms with Crippen LogP contribution >= 0.6 is 0 Å².